The van der Waals surface area contributed by atoms with Gasteiger partial charge in [-0.2, -0.15) is 0 Å². The normalized spacial score (nSPS) is 35.3. The fraction of sp³-hybridized carbons (Fsp3) is 0.429. The molecule has 8 nitrogen and oxygen atoms in total. The summed E-state index contributed by atoms with van der Waals surface area (Å²) in [5.74, 6) is -4.35. The van der Waals surface area contributed by atoms with Gasteiger partial charge in [-0.05, 0) is 24.8 Å². The molecule has 0 unspecified atom stereocenters. The van der Waals surface area contributed by atoms with Crippen LogP contribution in [0.5, 0.6) is 11.5 Å². The molecule has 5 rings (SSSR count). The number of rotatable bonds is 2. The van der Waals surface area contributed by atoms with E-state index in [4.69, 9.17) is 4.74 Å². The molecule has 2 heterocycles. The molecule has 3 N–H and O–H groups in total. The predicted octanol–water partition coefficient (Wildman–Crippen LogP) is 0.612. The van der Waals surface area contributed by atoms with Crippen molar-refractivity contribution >= 4 is 23.6 Å². The van der Waals surface area contributed by atoms with Crippen molar-refractivity contribution in [1.82, 2.24) is 10.6 Å². The zero-order valence-corrected chi connectivity index (χ0v) is 15.7. The minimum absolute atomic E-state index is 0.0819. The molecule has 1 aromatic carbocycles. The predicted molar refractivity (Wildman–Crippen MR) is 98.5 cm³/mol. The van der Waals surface area contributed by atoms with E-state index in [0.29, 0.717) is 18.4 Å². The molecule has 2 saturated heterocycles. The molecule has 3 fully saturated rings. The second-order valence-electron chi connectivity index (χ2n) is 8.13. The maximum atomic E-state index is 12.7. The van der Waals surface area contributed by atoms with Gasteiger partial charge in [-0.3, -0.25) is 29.8 Å². The molecule has 29 heavy (non-hydrogen) atoms. The van der Waals surface area contributed by atoms with E-state index in [1.807, 2.05) is 6.08 Å². The highest BCUT2D eigenvalue weighted by molar-refractivity contribution is 6.07. The molecule has 6 atom stereocenters. The van der Waals surface area contributed by atoms with E-state index in [1.54, 1.807) is 18.2 Å². The highest BCUT2D eigenvalue weighted by atomic mass is 16.5. The quantitative estimate of drug-likeness (QED) is 0.497. The van der Waals surface area contributed by atoms with Gasteiger partial charge >= 0.3 is 0 Å². The van der Waals surface area contributed by atoms with Crippen LogP contribution in [0.1, 0.15) is 24.3 Å². The van der Waals surface area contributed by atoms with E-state index in [0.717, 1.165) is 5.57 Å². The Labute approximate surface area is 166 Å². The minimum Gasteiger partial charge on any atom is -0.504 e. The van der Waals surface area contributed by atoms with E-state index in [9.17, 15) is 24.3 Å². The lowest BCUT2D eigenvalue weighted by Gasteiger charge is -2.44. The molecule has 0 aromatic heterocycles. The number of imide groups is 2. The number of phenols is 1. The fourth-order valence-corrected chi connectivity index (χ4v) is 5.71. The van der Waals surface area contributed by atoms with Gasteiger partial charge in [0.05, 0.1) is 30.8 Å². The van der Waals surface area contributed by atoms with Gasteiger partial charge in [-0.25, -0.2) is 0 Å². The number of carbonyl (C=O) groups excluding carboxylic acids is 4. The van der Waals surface area contributed by atoms with Crippen LogP contribution in [0.4, 0.5) is 0 Å². The maximum Gasteiger partial charge on any atom is 0.231 e. The second kappa shape index (κ2) is 6.17. The van der Waals surface area contributed by atoms with Gasteiger partial charge in [0.25, 0.3) is 0 Å². The molecule has 4 aliphatic rings. The summed E-state index contributed by atoms with van der Waals surface area (Å²) in [5.41, 5.74) is 1.33. The van der Waals surface area contributed by atoms with Crippen LogP contribution in [0.15, 0.2) is 29.8 Å². The number of aromatic hydroxyl groups is 1. The number of nitrogens with one attached hydrogen (secondary N) is 2. The largest absolute Gasteiger partial charge is 0.504 e. The summed E-state index contributed by atoms with van der Waals surface area (Å²) in [5, 5.41) is 15.6. The van der Waals surface area contributed by atoms with Crippen LogP contribution in [0, 0.1) is 29.6 Å². The monoisotopic (exact) mass is 396 g/mol. The molecular formula is C21H20N2O6. The first kappa shape index (κ1) is 17.9. The third-order valence-corrected chi connectivity index (χ3v) is 6.92. The Morgan fingerprint density at radius 1 is 0.931 bits per heavy atom. The number of carbonyl (C=O) groups is 4. The van der Waals surface area contributed by atoms with Crippen molar-refractivity contribution in [2.75, 3.05) is 7.11 Å². The molecule has 1 saturated carbocycles. The van der Waals surface area contributed by atoms with Crippen LogP contribution in [-0.2, 0) is 19.2 Å². The molecule has 0 bridgehead atoms. The van der Waals surface area contributed by atoms with Gasteiger partial charge in [0.15, 0.2) is 11.5 Å². The van der Waals surface area contributed by atoms with Crippen LogP contribution in [0.25, 0.3) is 0 Å². The first-order valence-corrected chi connectivity index (χ1v) is 9.67. The van der Waals surface area contributed by atoms with Gasteiger partial charge in [0.1, 0.15) is 0 Å². The van der Waals surface area contributed by atoms with E-state index in [-0.39, 0.29) is 41.0 Å². The number of hydrogen-bond donors (Lipinski definition) is 3. The lowest BCUT2D eigenvalue weighted by atomic mass is 9.57. The van der Waals surface area contributed by atoms with Crippen molar-refractivity contribution in [3.8, 4) is 11.5 Å². The highest BCUT2D eigenvalue weighted by Gasteiger charge is 2.59. The van der Waals surface area contributed by atoms with Gasteiger partial charge in [0, 0.05) is 11.5 Å². The summed E-state index contributed by atoms with van der Waals surface area (Å²) in [7, 11) is 1.44. The maximum absolute atomic E-state index is 12.7. The number of amides is 4. The molecule has 2 aliphatic carbocycles. The second-order valence-corrected chi connectivity index (χ2v) is 8.13. The summed E-state index contributed by atoms with van der Waals surface area (Å²) in [6, 6.07) is 5.05. The lowest BCUT2D eigenvalue weighted by Crippen LogP contribution is -2.42. The van der Waals surface area contributed by atoms with Crippen molar-refractivity contribution in [3.63, 3.8) is 0 Å². The summed E-state index contributed by atoms with van der Waals surface area (Å²) < 4.78 is 5.23. The number of fused-ring (bicyclic) bond motifs is 4. The molecule has 4 amide bonds. The molecule has 0 radical (unpaired) electrons. The number of phenolic OH excluding ortho intramolecular Hbond substituents is 1. The van der Waals surface area contributed by atoms with E-state index >= 15 is 0 Å². The average molecular weight is 396 g/mol. The summed E-state index contributed by atoms with van der Waals surface area (Å²) in [6.45, 7) is 0. The Morgan fingerprint density at radius 3 is 2.34 bits per heavy atom. The van der Waals surface area contributed by atoms with Crippen LogP contribution in [-0.4, -0.2) is 35.8 Å². The third-order valence-electron chi connectivity index (χ3n) is 6.92. The number of para-hydroxylation sites is 1. The van der Waals surface area contributed by atoms with Gasteiger partial charge in [0.2, 0.25) is 23.6 Å². The molecule has 0 spiro atoms. The SMILES string of the molecule is COc1cccc([C@H]2C3=CC[C@@H]4C(=O)NC(=O)[C@@H]4[C@@H]3C[C@H]3C(=O)NC(=O)[C@@H]23)c1O. The van der Waals surface area contributed by atoms with Crippen molar-refractivity contribution < 1.29 is 29.0 Å². The topological polar surface area (TPSA) is 122 Å². The third kappa shape index (κ3) is 2.38. The van der Waals surface area contributed by atoms with Gasteiger partial charge in [-0.15, -0.1) is 0 Å². The van der Waals surface area contributed by atoms with Crippen molar-refractivity contribution in [3.05, 3.63) is 35.4 Å². The Bertz CT molecular complexity index is 999. The minimum atomic E-state index is -0.667. The van der Waals surface area contributed by atoms with Crippen LogP contribution < -0.4 is 15.4 Å². The number of hydrogen-bond acceptors (Lipinski definition) is 6. The standard InChI is InChI=1S/C21H20N2O6/c1-29-13-4-2-3-9(17(13)24)14-8-5-6-10-15(20(27)22-18(10)25)11(8)7-12-16(14)21(28)23-19(12)26/h2-5,10-12,14-16,24H,6-7H2,1H3,(H,22,25,27)(H,23,26,28)/t10-,11+,12+,14+,15-,16+/m0/s1. The Kier molecular flexibility index (Phi) is 3.81. The van der Waals surface area contributed by atoms with Gasteiger partial charge in [-0.1, -0.05) is 23.8 Å². The van der Waals surface area contributed by atoms with Crippen molar-refractivity contribution in [2.24, 2.45) is 29.6 Å². The molecular weight excluding hydrogens is 376 g/mol. The number of methoxy groups -OCH3 is 1. The van der Waals surface area contributed by atoms with E-state index in [1.165, 1.54) is 7.11 Å². The Balaban J connectivity index is 1.68. The van der Waals surface area contributed by atoms with Crippen LogP contribution in [0.3, 0.4) is 0 Å². The van der Waals surface area contributed by atoms with Crippen molar-refractivity contribution in [2.45, 2.75) is 18.8 Å². The summed E-state index contributed by atoms with van der Waals surface area (Å²) in [4.78, 5) is 49.9. The molecule has 2 aliphatic heterocycles. The first-order chi connectivity index (χ1) is 13.9. The first-order valence-electron chi connectivity index (χ1n) is 9.67. The van der Waals surface area contributed by atoms with E-state index < -0.39 is 29.6 Å². The molecule has 150 valence electrons. The smallest absolute Gasteiger partial charge is 0.231 e. The average Bonchev–Trinajstić information content (AvgIpc) is 3.15. The molecule has 1 aromatic rings. The zero-order valence-electron chi connectivity index (χ0n) is 15.7. The van der Waals surface area contributed by atoms with Crippen molar-refractivity contribution in [1.29, 1.82) is 0 Å². The number of ether oxygens (including phenoxy) is 1. The van der Waals surface area contributed by atoms with Gasteiger partial charge < -0.3 is 9.84 Å². The Morgan fingerprint density at radius 2 is 1.62 bits per heavy atom. The fourth-order valence-electron chi connectivity index (χ4n) is 5.71. The zero-order chi connectivity index (χ0) is 20.4. The number of allylic oxidation sites excluding steroid dienone is 2. The van der Waals surface area contributed by atoms with Crippen LogP contribution >= 0.6 is 0 Å². The summed E-state index contributed by atoms with van der Waals surface area (Å²) in [6.07, 6.45) is 2.64. The highest BCUT2D eigenvalue weighted by Crippen LogP contribution is 2.57. The van der Waals surface area contributed by atoms with E-state index in [2.05, 4.69) is 10.6 Å². The Hall–Kier alpha value is -3.16. The molecule has 8 heteroatoms. The summed E-state index contributed by atoms with van der Waals surface area (Å²) >= 11 is 0. The van der Waals surface area contributed by atoms with Crippen LogP contribution in [0.2, 0.25) is 0 Å². The lowest BCUT2D eigenvalue weighted by molar-refractivity contribution is -0.128. The number of benzene rings is 1.